The van der Waals surface area contributed by atoms with Crippen molar-refractivity contribution >= 4 is 10.8 Å². The van der Waals surface area contributed by atoms with E-state index in [-0.39, 0.29) is 0 Å². The first-order valence-electron chi connectivity index (χ1n) is 8.72. The summed E-state index contributed by atoms with van der Waals surface area (Å²) < 4.78 is 47.4. The molecule has 28 heavy (non-hydrogen) atoms. The molecule has 0 aliphatic heterocycles. The molecule has 4 aromatic rings. The van der Waals surface area contributed by atoms with Crippen molar-refractivity contribution in [3.8, 4) is 11.4 Å². The molecule has 142 valence electrons. The summed E-state index contributed by atoms with van der Waals surface area (Å²) in [6, 6.07) is 20.0. The number of imidazole rings is 1. The smallest absolute Gasteiger partial charge is 0.450 e. The number of rotatable bonds is 4. The number of methoxy groups -OCH3 is 1. The molecule has 3 nitrogen and oxygen atoms in total. The van der Waals surface area contributed by atoms with Gasteiger partial charge in [0.15, 0.2) is 0 Å². The van der Waals surface area contributed by atoms with E-state index >= 15 is 0 Å². The lowest BCUT2D eigenvalue weighted by atomic mass is 10.1. The molecule has 0 fully saturated rings. The van der Waals surface area contributed by atoms with E-state index in [0.717, 1.165) is 16.3 Å². The van der Waals surface area contributed by atoms with Crippen LogP contribution in [0.4, 0.5) is 13.2 Å². The minimum atomic E-state index is -4.56. The van der Waals surface area contributed by atoms with Crippen molar-refractivity contribution in [2.75, 3.05) is 7.11 Å². The zero-order valence-electron chi connectivity index (χ0n) is 15.1. The number of hydrogen-bond donors (Lipinski definition) is 0. The largest absolute Gasteiger partial charge is 0.497 e. The maximum atomic E-state index is 13.7. The number of fused-ring (bicyclic) bond motifs is 1. The number of nitrogens with zero attached hydrogens (tertiary/aromatic N) is 2. The van der Waals surface area contributed by atoms with E-state index in [2.05, 4.69) is 4.98 Å². The molecule has 0 spiro atoms. The summed E-state index contributed by atoms with van der Waals surface area (Å²) >= 11 is 0. The van der Waals surface area contributed by atoms with Gasteiger partial charge in [-0.2, -0.15) is 13.2 Å². The van der Waals surface area contributed by atoms with Gasteiger partial charge in [-0.05, 0) is 29.1 Å². The first-order valence-corrected chi connectivity index (χ1v) is 8.72. The number of benzene rings is 3. The number of halogens is 3. The molecule has 0 unspecified atom stereocenters. The highest BCUT2D eigenvalue weighted by Crippen LogP contribution is 2.34. The van der Waals surface area contributed by atoms with Gasteiger partial charge in [-0.3, -0.25) is 4.57 Å². The second kappa shape index (κ2) is 7.03. The maximum Gasteiger partial charge on any atom is 0.450 e. The van der Waals surface area contributed by atoms with Gasteiger partial charge < -0.3 is 4.74 Å². The van der Waals surface area contributed by atoms with Crippen molar-refractivity contribution < 1.29 is 17.9 Å². The van der Waals surface area contributed by atoms with E-state index in [9.17, 15) is 13.2 Å². The monoisotopic (exact) mass is 382 g/mol. The summed E-state index contributed by atoms with van der Waals surface area (Å²) in [4.78, 5) is 3.71. The van der Waals surface area contributed by atoms with Gasteiger partial charge in [-0.15, -0.1) is 0 Å². The van der Waals surface area contributed by atoms with Crippen LogP contribution in [0.5, 0.6) is 5.75 Å². The van der Waals surface area contributed by atoms with Crippen LogP contribution in [-0.2, 0) is 12.6 Å². The summed E-state index contributed by atoms with van der Waals surface area (Å²) in [5.74, 6) is -0.227. The van der Waals surface area contributed by atoms with Gasteiger partial charge in [-0.1, -0.05) is 48.5 Å². The lowest BCUT2D eigenvalue weighted by Gasteiger charge is -2.16. The second-order valence-corrected chi connectivity index (χ2v) is 6.43. The average Bonchev–Trinajstić information content (AvgIpc) is 3.12. The van der Waals surface area contributed by atoms with Crippen molar-refractivity contribution in [1.29, 1.82) is 0 Å². The van der Waals surface area contributed by atoms with Crippen LogP contribution in [0.25, 0.3) is 16.5 Å². The zero-order chi connectivity index (χ0) is 19.7. The Bertz CT molecular complexity index is 1110. The van der Waals surface area contributed by atoms with E-state index in [0.29, 0.717) is 23.6 Å². The van der Waals surface area contributed by atoms with Crippen LogP contribution in [0.15, 0.2) is 72.9 Å². The Hall–Kier alpha value is -3.28. The van der Waals surface area contributed by atoms with Crippen molar-refractivity contribution in [3.63, 3.8) is 0 Å². The minimum absolute atomic E-state index is 0.316. The Morgan fingerprint density at radius 3 is 2.36 bits per heavy atom. The zero-order valence-corrected chi connectivity index (χ0v) is 15.1. The average molecular weight is 382 g/mol. The molecule has 0 aliphatic rings. The molecule has 1 heterocycles. The highest BCUT2D eigenvalue weighted by Gasteiger charge is 2.38. The highest BCUT2D eigenvalue weighted by molar-refractivity contribution is 5.90. The molecule has 0 radical (unpaired) electrons. The molecule has 0 amide bonds. The topological polar surface area (TPSA) is 27.1 Å². The molecule has 6 heteroatoms. The summed E-state index contributed by atoms with van der Waals surface area (Å²) in [6.07, 6.45) is -2.94. The van der Waals surface area contributed by atoms with E-state index < -0.39 is 12.0 Å². The Balaban J connectivity index is 1.87. The number of hydrogen-bond acceptors (Lipinski definition) is 2. The van der Waals surface area contributed by atoms with E-state index in [1.54, 1.807) is 31.4 Å². The predicted octanol–water partition coefficient (Wildman–Crippen LogP) is 5.64. The molecule has 0 saturated heterocycles. The van der Waals surface area contributed by atoms with Gasteiger partial charge in [0.25, 0.3) is 0 Å². The van der Waals surface area contributed by atoms with Crippen molar-refractivity contribution in [2.45, 2.75) is 12.6 Å². The molecule has 4 rings (SSSR count). The quantitative estimate of drug-likeness (QED) is 0.456. The predicted molar refractivity (Wildman–Crippen MR) is 102 cm³/mol. The number of aromatic nitrogens is 2. The normalized spacial score (nSPS) is 11.7. The molecule has 0 atom stereocenters. The van der Waals surface area contributed by atoms with Crippen LogP contribution in [0.2, 0.25) is 0 Å². The van der Waals surface area contributed by atoms with Gasteiger partial charge in [0.1, 0.15) is 5.75 Å². The molecule has 0 N–H and O–H groups in total. The molecule has 0 saturated carbocycles. The van der Waals surface area contributed by atoms with Crippen LogP contribution in [0, 0.1) is 0 Å². The van der Waals surface area contributed by atoms with Gasteiger partial charge >= 0.3 is 6.18 Å². The third-order valence-electron chi connectivity index (χ3n) is 4.64. The fourth-order valence-electron chi connectivity index (χ4n) is 3.34. The molecule has 3 aromatic carbocycles. The van der Waals surface area contributed by atoms with Crippen LogP contribution >= 0.6 is 0 Å². The van der Waals surface area contributed by atoms with Gasteiger partial charge in [0.05, 0.1) is 12.8 Å². The minimum Gasteiger partial charge on any atom is -0.497 e. The summed E-state index contributed by atoms with van der Waals surface area (Å²) in [7, 11) is 1.57. The van der Waals surface area contributed by atoms with Gasteiger partial charge in [0.2, 0.25) is 5.82 Å². The van der Waals surface area contributed by atoms with Crippen LogP contribution < -0.4 is 4.74 Å². The number of alkyl halides is 3. The molecule has 0 aliphatic carbocycles. The Morgan fingerprint density at radius 2 is 1.64 bits per heavy atom. The van der Waals surface area contributed by atoms with E-state index in [1.165, 1.54) is 10.8 Å². The van der Waals surface area contributed by atoms with Crippen LogP contribution in [0.1, 0.15) is 17.1 Å². The molecular weight excluding hydrogens is 365 g/mol. The SMILES string of the molecule is COc1ccc(Cc2cnc(C(F)(F)F)n2-c2cccc3ccccc23)cc1. The van der Waals surface area contributed by atoms with Gasteiger partial charge in [-0.25, -0.2) is 4.98 Å². The first-order chi connectivity index (χ1) is 13.5. The van der Waals surface area contributed by atoms with Gasteiger partial charge in [0, 0.05) is 23.7 Å². The number of ether oxygens (including phenoxy) is 1. The van der Waals surface area contributed by atoms with Crippen LogP contribution in [-0.4, -0.2) is 16.7 Å². The van der Waals surface area contributed by atoms with E-state index in [4.69, 9.17) is 4.74 Å². The lowest BCUT2D eigenvalue weighted by molar-refractivity contribution is -0.146. The Kier molecular flexibility index (Phi) is 4.55. The fourth-order valence-corrected chi connectivity index (χ4v) is 3.34. The standard InChI is InChI=1S/C22H17F3N2O/c1-28-18-11-9-15(10-12-18)13-17-14-26-21(22(23,24)25)27(17)20-8-4-6-16-5-2-3-7-19(16)20/h2-12,14H,13H2,1H3. The van der Waals surface area contributed by atoms with Crippen LogP contribution in [0.3, 0.4) is 0 Å². The first kappa shape index (κ1) is 18.1. The van der Waals surface area contributed by atoms with E-state index in [1.807, 2.05) is 42.5 Å². The van der Waals surface area contributed by atoms with Crippen molar-refractivity contribution in [2.24, 2.45) is 0 Å². The fraction of sp³-hybridized carbons (Fsp3) is 0.136. The van der Waals surface area contributed by atoms with Crippen molar-refractivity contribution in [1.82, 2.24) is 9.55 Å². The highest BCUT2D eigenvalue weighted by atomic mass is 19.4. The lowest BCUT2D eigenvalue weighted by Crippen LogP contribution is -2.15. The Morgan fingerprint density at radius 1 is 0.929 bits per heavy atom. The summed E-state index contributed by atoms with van der Waals surface area (Å²) in [5, 5.41) is 1.61. The third kappa shape index (κ3) is 3.33. The molecule has 1 aromatic heterocycles. The third-order valence-corrected chi connectivity index (χ3v) is 4.64. The summed E-state index contributed by atoms with van der Waals surface area (Å²) in [6.45, 7) is 0. The Labute approximate surface area is 160 Å². The summed E-state index contributed by atoms with van der Waals surface area (Å²) in [5.41, 5.74) is 1.80. The maximum absolute atomic E-state index is 13.7. The second-order valence-electron chi connectivity index (χ2n) is 6.43. The van der Waals surface area contributed by atoms with Crippen molar-refractivity contribution in [3.05, 3.63) is 90.0 Å². The molecule has 0 bridgehead atoms. The molecular formula is C22H17F3N2O.